The molecule has 162 valence electrons. The van der Waals surface area contributed by atoms with E-state index in [1.54, 1.807) is 36.4 Å². The van der Waals surface area contributed by atoms with Gasteiger partial charge in [-0.2, -0.15) is 0 Å². The Kier molecular flexibility index (Phi) is 9.12. The third-order valence-corrected chi connectivity index (χ3v) is 5.09. The van der Waals surface area contributed by atoms with Crippen molar-refractivity contribution in [1.82, 2.24) is 10.2 Å². The first-order valence-corrected chi connectivity index (χ1v) is 10.4. The van der Waals surface area contributed by atoms with Crippen molar-refractivity contribution >= 4 is 23.4 Å². The Morgan fingerprint density at radius 3 is 2.37 bits per heavy atom. The predicted octanol–water partition coefficient (Wildman–Crippen LogP) is 4.58. The lowest BCUT2D eigenvalue weighted by atomic mass is 10.1. The first-order valence-electron chi connectivity index (χ1n) is 10.1. The van der Waals surface area contributed by atoms with Gasteiger partial charge in [0.25, 0.3) is 5.91 Å². The van der Waals surface area contributed by atoms with Crippen LogP contribution >= 0.6 is 11.6 Å². The molecule has 0 fully saturated rings. The maximum absolute atomic E-state index is 13.8. The van der Waals surface area contributed by atoms with Gasteiger partial charge in [0.15, 0.2) is 18.2 Å². The molecule has 0 saturated heterocycles. The molecule has 30 heavy (non-hydrogen) atoms. The smallest absolute Gasteiger partial charge is 0.261 e. The Labute approximate surface area is 182 Å². The number of hydrogen-bond donors (Lipinski definition) is 1. The molecule has 2 rings (SSSR count). The minimum Gasteiger partial charge on any atom is -0.481 e. The molecule has 2 amide bonds. The Morgan fingerprint density at radius 1 is 1.10 bits per heavy atom. The van der Waals surface area contributed by atoms with Crippen LogP contribution in [0.25, 0.3) is 0 Å². The SMILES string of the molecule is CC[C@@H](C)NC(=O)[C@@H](CC)N(Cc1ccc(Cl)cc1)C(=O)COc1ccccc1F. The number of ether oxygens (including phenoxy) is 1. The summed E-state index contributed by atoms with van der Waals surface area (Å²) in [6, 6.07) is 12.3. The third-order valence-electron chi connectivity index (χ3n) is 4.84. The number of benzene rings is 2. The van der Waals surface area contributed by atoms with E-state index in [-0.39, 0.29) is 30.9 Å². The molecule has 0 radical (unpaired) electrons. The normalized spacial score (nSPS) is 12.7. The molecule has 0 saturated carbocycles. The van der Waals surface area contributed by atoms with Gasteiger partial charge in [-0.1, -0.05) is 49.7 Å². The second kappa shape index (κ2) is 11.6. The molecule has 0 aliphatic carbocycles. The second-order valence-electron chi connectivity index (χ2n) is 7.11. The predicted molar refractivity (Wildman–Crippen MR) is 116 cm³/mol. The van der Waals surface area contributed by atoms with Crippen LogP contribution in [0.4, 0.5) is 4.39 Å². The molecule has 1 N–H and O–H groups in total. The fourth-order valence-corrected chi connectivity index (χ4v) is 3.06. The van der Waals surface area contributed by atoms with E-state index in [1.165, 1.54) is 17.0 Å². The Hall–Kier alpha value is -2.60. The zero-order chi connectivity index (χ0) is 22.1. The van der Waals surface area contributed by atoms with E-state index in [4.69, 9.17) is 16.3 Å². The molecule has 0 heterocycles. The zero-order valence-electron chi connectivity index (χ0n) is 17.5. The van der Waals surface area contributed by atoms with Gasteiger partial charge < -0.3 is 15.0 Å². The topological polar surface area (TPSA) is 58.6 Å². The minimum absolute atomic E-state index is 0.00519. The van der Waals surface area contributed by atoms with Crippen molar-refractivity contribution in [3.63, 3.8) is 0 Å². The lowest BCUT2D eigenvalue weighted by Crippen LogP contribution is -2.51. The van der Waals surface area contributed by atoms with E-state index in [0.29, 0.717) is 11.4 Å². The number of amides is 2. The van der Waals surface area contributed by atoms with Gasteiger partial charge in [0.2, 0.25) is 5.91 Å². The first-order chi connectivity index (χ1) is 14.3. The lowest BCUT2D eigenvalue weighted by molar-refractivity contribution is -0.143. The van der Waals surface area contributed by atoms with Gasteiger partial charge in [-0.3, -0.25) is 9.59 Å². The monoisotopic (exact) mass is 434 g/mol. The Bertz CT molecular complexity index is 845. The highest BCUT2D eigenvalue weighted by Gasteiger charge is 2.29. The van der Waals surface area contributed by atoms with Crippen molar-refractivity contribution < 1.29 is 18.7 Å². The van der Waals surface area contributed by atoms with Crippen LogP contribution in [0.5, 0.6) is 5.75 Å². The highest BCUT2D eigenvalue weighted by molar-refractivity contribution is 6.30. The van der Waals surface area contributed by atoms with Gasteiger partial charge in [0, 0.05) is 17.6 Å². The number of para-hydroxylation sites is 1. The number of halogens is 2. The number of carbonyl (C=O) groups is 2. The van der Waals surface area contributed by atoms with Crippen LogP contribution in [-0.2, 0) is 16.1 Å². The van der Waals surface area contributed by atoms with Crippen molar-refractivity contribution in [2.75, 3.05) is 6.61 Å². The highest BCUT2D eigenvalue weighted by atomic mass is 35.5. The fraction of sp³-hybridized carbons (Fsp3) is 0.391. The molecule has 0 aliphatic heterocycles. The van der Waals surface area contributed by atoms with Crippen LogP contribution in [0.1, 0.15) is 39.2 Å². The molecule has 5 nitrogen and oxygen atoms in total. The molecule has 0 bridgehead atoms. The summed E-state index contributed by atoms with van der Waals surface area (Å²) in [7, 11) is 0. The summed E-state index contributed by atoms with van der Waals surface area (Å²) >= 11 is 5.96. The van der Waals surface area contributed by atoms with E-state index < -0.39 is 17.8 Å². The molecule has 0 aromatic heterocycles. The van der Waals surface area contributed by atoms with E-state index in [2.05, 4.69) is 5.32 Å². The van der Waals surface area contributed by atoms with Crippen molar-refractivity contribution in [2.24, 2.45) is 0 Å². The summed E-state index contributed by atoms with van der Waals surface area (Å²) in [4.78, 5) is 27.3. The van der Waals surface area contributed by atoms with Crippen LogP contribution < -0.4 is 10.1 Å². The summed E-state index contributed by atoms with van der Waals surface area (Å²) in [6.07, 6.45) is 1.21. The van der Waals surface area contributed by atoms with Gasteiger partial charge in [0.1, 0.15) is 6.04 Å². The number of carbonyl (C=O) groups excluding carboxylic acids is 2. The molecular weight excluding hydrogens is 407 g/mol. The van der Waals surface area contributed by atoms with Gasteiger partial charge in [-0.25, -0.2) is 4.39 Å². The summed E-state index contributed by atoms with van der Waals surface area (Å²) in [5.41, 5.74) is 0.827. The van der Waals surface area contributed by atoms with Crippen molar-refractivity contribution in [1.29, 1.82) is 0 Å². The Balaban J connectivity index is 2.21. The van der Waals surface area contributed by atoms with Gasteiger partial charge in [0.05, 0.1) is 0 Å². The van der Waals surface area contributed by atoms with Gasteiger partial charge >= 0.3 is 0 Å². The second-order valence-corrected chi connectivity index (χ2v) is 7.55. The standard InChI is InChI=1S/C23H28ClFN2O3/c1-4-16(3)26-23(29)20(5-2)27(14-17-10-12-18(24)13-11-17)22(28)15-30-21-9-7-6-8-19(21)25/h6-13,16,20H,4-5,14-15H2,1-3H3,(H,26,29)/t16-,20-/m1/s1. The van der Waals surface area contributed by atoms with Crippen LogP contribution in [0.3, 0.4) is 0 Å². The maximum atomic E-state index is 13.8. The first kappa shape index (κ1) is 23.7. The molecule has 0 unspecified atom stereocenters. The fourth-order valence-electron chi connectivity index (χ4n) is 2.93. The lowest BCUT2D eigenvalue weighted by Gasteiger charge is -2.31. The average Bonchev–Trinajstić information content (AvgIpc) is 2.74. The molecule has 7 heteroatoms. The quantitative estimate of drug-likeness (QED) is 0.595. The number of nitrogens with zero attached hydrogens (tertiary/aromatic N) is 1. The van der Waals surface area contributed by atoms with Gasteiger partial charge in [-0.15, -0.1) is 0 Å². The van der Waals surface area contributed by atoms with Crippen LogP contribution in [-0.4, -0.2) is 35.4 Å². The molecule has 0 aliphatic rings. The molecule has 2 aromatic carbocycles. The summed E-state index contributed by atoms with van der Waals surface area (Å²) < 4.78 is 19.2. The van der Waals surface area contributed by atoms with Gasteiger partial charge in [-0.05, 0) is 49.6 Å². The summed E-state index contributed by atoms with van der Waals surface area (Å²) in [6.45, 7) is 5.58. The Morgan fingerprint density at radius 2 is 1.77 bits per heavy atom. The van der Waals surface area contributed by atoms with Crippen molar-refractivity contribution in [3.05, 3.63) is 64.9 Å². The highest BCUT2D eigenvalue weighted by Crippen LogP contribution is 2.18. The van der Waals surface area contributed by atoms with Crippen LogP contribution in [0, 0.1) is 5.82 Å². The number of nitrogens with one attached hydrogen (secondary N) is 1. The number of rotatable bonds is 10. The van der Waals surface area contributed by atoms with Crippen molar-refractivity contribution in [2.45, 2.75) is 52.2 Å². The number of hydrogen-bond acceptors (Lipinski definition) is 3. The van der Waals surface area contributed by atoms with E-state index in [0.717, 1.165) is 12.0 Å². The third kappa shape index (κ3) is 6.73. The largest absolute Gasteiger partial charge is 0.481 e. The van der Waals surface area contributed by atoms with Crippen molar-refractivity contribution in [3.8, 4) is 5.75 Å². The van der Waals surface area contributed by atoms with E-state index in [1.807, 2.05) is 20.8 Å². The zero-order valence-corrected chi connectivity index (χ0v) is 18.3. The summed E-state index contributed by atoms with van der Waals surface area (Å²) in [5.74, 6) is -1.18. The van der Waals surface area contributed by atoms with E-state index in [9.17, 15) is 14.0 Å². The average molecular weight is 435 g/mol. The van der Waals surface area contributed by atoms with E-state index >= 15 is 0 Å². The maximum Gasteiger partial charge on any atom is 0.261 e. The molecule has 2 atom stereocenters. The van der Waals surface area contributed by atoms with Crippen LogP contribution in [0.2, 0.25) is 5.02 Å². The molecule has 2 aromatic rings. The summed E-state index contributed by atoms with van der Waals surface area (Å²) in [5, 5.41) is 3.52. The minimum atomic E-state index is -0.675. The van der Waals surface area contributed by atoms with Crippen LogP contribution in [0.15, 0.2) is 48.5 Å². The molecule has 0 spiro atoms. The molecular formula is C23H28ClFN2O3.